The Morgan fingerprint density at radius 1 is 1.19 bits per heavy atom. The summed E-state index contributed by atoms with van der Waals surface area (Å²) in [4.78, 5) is 21.2. The van der Waals surface area contributed by atoms with Crippen LogP contribution in [0.3, 0.4) is 0 Å². The second-order valence-electron chi connectivity index (χ2n) is 3.51. The van der Waals surface area contributed by atoms with Crippen LogP contribution in [0.15, 0.2) is 0 Å². The van der Waals surface area contributed by atoms with Crippen molar-refractivity contribution in [1.82, 2.24) is 0 Å². The van der Waals surface area contributed by atoms with Gasteiger partial charge in [0.1, 0.15) is 6.04 Å². The highest BCUT2D eigenvalue weighted by atomic mass is 32.2. The zero-order valence-corrected chi connectivity index (χ0v) is 9.58. The van der Waals surface area contributed by atoms with Crippen LogP contribution in [0.25, 0.3) is 0 Å². The van der Waals surface area contributed by atoms with Crippen LogP contribution in [0.1, 0.15) is 25.7 Å². The number of carboxylic acids is 2. The molecule has 0 radical (unpaired) electrons. The van der Waals surface area contributed by atoms with Crippen LogP contribution in [-0.4, -0.2) is 33.9 Å². The molecule has 94 valence electrons. The molecule has 0 aliphatic heterocycles. The number of rotatable bonds is 9. The highest BCUT2D eigenvalue weighted by Crippen LogP contribution is 2.17. The van der Waals surface area contributed by atoms with E-state index in [-0.39, 0.29) is 30.7 Å². The van der Waals surface area contributed by atoms with Crippen LogP contribution in [0, 0.1) is 5.92 Å². The van der Waals surface area contributed by atoms with Crippen molar-refractivity contribution in [2.75, 3.05) is 5.75 Å². The molecule has 0 bridgehead atoms. The van der Waals surface area contributed by atoms with Gasteiger partial charge >= 0.3 is 11.9 Å². The van der Waals surface area contributed by atoms with Gasteiger partial charge in [0, 0.05) is 17.9 Å². The number of halogens is 1. The van der Waals surface area contributed by atoms with E-state index in [2.05, 4.69) is 0 Å². The third-order valence-corrected chi connectivity index (χ3v) is 2.71. The lowest BCUT2D eigenvalue weighted by molar-refractivity contribution is -0.143. The van der Waals surface area contributed by atoms with E-state index in [9.17, 15) is 13.5 Å². The summed E-state index contributed by atoms with van der Waals surface area (Å²) in [6, 6.07) is -1.03. The van der Waals surface area contributed by atoms with Gasteiger partial charge in [-0.15, -0.1) is 0 Å². The van der Waals surface area contributed by atoms with E-state index in [1.54, 1.807) is 0 Å². The molecule has 0 fully saturated rings. The SMILES string of the molecule is NC(CCC(CCCSF)C(=O)O)C(=O)O. The standard InChI is InChI=1S/C9H16FNO4S/c10-16-5-1-2-6(8(12)13)3-4-7(11)9(14)15/h6-7H,1-5,11H2,(H,12,13)(H,14,15). The van der Waals surface area contributed by atoms with Crippen LogP contribution in [0.5, 0.6) is 0 Å². The Hall–Kier alpha value is -0.820. The maximum atomic E-state index is 11.7. The first-order chi connectivity index (χ1) is 7.49. The Bertz CT molecular complexity index is 240. The van der Waals surface area contributed by atoms with Gasteiger partial charge in [-0.05, 0) is 25.7 Å². The minimum atomic E-state index is -1.14. The summed E-state index contributed by atoms with van der Waals surface area (Å²) in [5.41, 5.74) is 5.26. The maximum absolute atomic E-state index is 11.7. The molecule has 0 aliphatic carbocycles. The Morgan fingerprint density at radius 2 is 1.81 bits per heavy atom. The summed E-state index contributed by atoms with van der Waals surface area (Å²) >= 11 is 0.173. The zero-order valence-electron chi connectivity index (χ0n) is 8.76. The fourth-order valence-corrected chi connectivity index (χ4v) is 1.56. The molecular weight excluding hydrogens is 237 g/mol. The number of carbonyl (C=O) groups is 2. The Morgan fingerprint density at radius 3 is 2.25 bits per heavy atom. The fourth-order valence-electron chi connectivity index (χ4n) is 1.28. The van der Waals surface area contributed by atoms with Crippen LogP contribution in [0.2, 0.25) is 0 Å². The lowest BCUT2D eigenvalue weighted by Crippen LogP contribution is -2.31. The van der Waals surface area contributed by atoms with Crippen molar-refractivity contribution in [2.24, 2.45) is 11.7 Å². The van der Waals surface area contributed by atoms with Gasteiger partial charge in [0.15, 0.2) is 0 Å². The second kappa shape index (κ2) is 8.35. The molecule has 0 heterocycles. The quantitative estimate of drug-likeness (QED) is 0.535. The van der Waals surface area contributed by atoms with Crippen molar-refractivity contribution in [3.63, 3.8) is 0 Å². The lowest BCUT2D eigenvalue weighted by Gasteiger charge is -2.13. The zero-order chi connectivity index (χ0) is 12.6. The summed E-state index contributed by atoms with van der Waals surface area (Å²) in [6.45, 7) is 0. The monoisotopic (exact) mass is 253 g/mol. The normalized spacial score (nSPS) is 14.4. The van der Waals surface area contributed by atoms with E-state index in [0.717, 1.165) is 0 Å². The second-order valence-corrected chi connectivity index (χ2v) is 4.14. The number of aliphatic carboxylic acids is 2. The highest BCUT2D eigenvalue weighted by Gasteiger charge is 2.20. The summed E-state index contributed by atoms with van der Waals surface area (Å²) in [6.07, 6.45) is 1.13. The molecule has 2 unspecified atom stereocenters. The van der Waals surface area contributed by atoms with Gasteiger partial charge in [0.25, 0.3) is 0 Å². The van der Waals surface area contributed by atoms with Gasteiger partial charge in [-0.3, -0.25) is 9.59 Å². The number of hydrogen-bond acceptors (Lipinski definition) is 4. The molecule has 0 rings (SSSR count). The number of hydrogen-bond donors (Lipinski definition) is 3. The topological polar surface area (TPSA) is 101 Å². The molecule has 0 aliphatic rings. The lowest BCUT2D eigenvalue weighted by atomic mass is 9.96. The third-order valence-electron chi connectivity index (χ3n) is 2.27. The summed E-state index contributed by atoms with van der Waals surface area (Å²) in [5.74, 6) is -2.50. The Balaban J connectivity index is 3.94. The third kappa shape index (κ3) is 6.62. The van der Waals surface area contributed by atoms with Gasteiger partial charge in [0.2, 0.25) is 0 Å². The first-order valence-electron chi connectivity index (χ1n) is 4.93. The average molecular weight is 253 g/mol. The predicted octanol–water partition coefficient (Wildman–Crippen LogP) is 1.28. The van der Waals surface area contributed by atoms with Crippen molar-refractivity contribution in [1.29, 1.82) is 0 Å². The van der Waals surface area contributed by atoms with Crippen molar-refractivity contribution in [2.45, 2.75) is 31.7 Å². The number of nitrogens with two attached hydrogens (primary N) is 1. The minimum Gasteiger partial charge on any atom is -0.481 e. The average Bonchev–Trinajstić information content (AvgIpc) is 2.21. The first kappa shape index (κ1) is 15.2. The molecule has 0 spiro atoms. The van der Waals surface area contributed by atoms with E-state index >= 15 is 0 Å². The van der Waals surface area contributed by atoms with Crippen LogP contribution >= 0.6 is 12.1 Å². The molecule has 0 aromatic heterocycles. The van der Waals surface area contributed by atoms with E-state index in [4.69, 9.17) is 15.9 Å². The van der Waals surface area contributed by atoms with E-state index in [1.165, 1.54) is 0 Å². The van der Waals surface area contributed by atoms with Gasteiger partial charge in [-0.2, -0.15) is 3.89 Å². The maximum Gasteiger partial charge on any atom is 0.320 e. The molecule has 4 N–H and O–H groups in total. The largest absolute Gasteiger partial charge is 0.481 e. The molecule has 16 heavy (non-hydrogen) atoms. The molecule has 0 aromatic carbocycles. The molecule has 2 atom stereocenters. The molecule has 0 amide bonds. The smallest absolute Gasteiger partial charge is 0.320 e. The van der Waals surface area contributed by atoms with E-state index in [0.29, 0.717) is 12.8 Å². The van der Waals surface area contributed by atoms with Crippen LogP contribution < -0.4 is 5.73 Å². The van der Waals surface area contributed by atoms with Gasteiger partial charge < -0.3 is 15.9 Å². The predicted molar refractivity (Wildman–Crippen MR) is 58.8 cm³/mol. The molecule has 0 saturated carbocycles. The molecule has 0 aromatic rings. The summed E-state index contributed by atoms with van der Waals surface area (Å²) in [5, 5.41) is 17.4. The fraction of sp³-hybridized carbons (Fsp3) is 0.778. The van der Waals surface area contributed by atoms with Crippen molar-refractivity contribution < 1.29 is 23.7 Å². The van der Waals surface area contributed by atoms with Crippen LogP contribution in [0.4, 0.5) is 3.89 Å². The highest BCUT2D eigenvalue weighted by molar-refractivity contribution is 7.94. The van der Waals surface area contributed by atoms with E-state index in [1.807, 2.05) is 0 Å². The van der Waals surface area contributed by atoms with E-state index < -0.39 is 23.9 Å². The molecular formula is C9H16FNO4S. The molecule has 7 heteroatoms. The summed E-state index contributed by atoms with van der Waals surface area (Å²) in [7, 11) is 0. The van der Waals surface area contributed by atoms with Crippen molar-refractivity contribution >= 4 is 24.1 Å². The molecule has 5 nitrogen and oxygen atoms in total. The van der Waals surface area contributed by atoms with Gasteiger partial charge in [0.05, 0.1) is 5.92 Å². The van der Waals surface area contributed by atoms with Crippen LogP contribution in [-0.2, 0) is 9.59 Å². The van der Waals surface area contributed by atoms with Gasteiger partial charge in [-0.1, -0.05) is 0 Å². The summed E-state index contributed by atoms with van der Waals surface area (Å²) < 4.78 is 11.7. The number of carboxylic acid groups (broad SMARTS) is 2. The minimum absolute atomic E-state index is 0.120. The van der Waals surface area contributed by atoms with Crippen molar-refractivity contribution in [3.05, 3.63) is 0 Å². The first-order valence-corrected chi connectivity index (χ1v) is 5.82. The van der Waals surface area contributed by atoms with Gasteiger partial charge in [-0.25, -0.2) is 0 Å². The molecule has 0 saturated heterocycles. The Labute approximate surface area is 97.5 Å². The Kier molecular flexibility index (Phi) is 7.92. The van der Waals surface area contributed by atoms with Crippen molar-refractivity contribution in [3.8, 4) is 0 Å².